The van der Waals surface area contributed by atoms with Crippen molar-refractivity contribution in [2.75, 3.05) is 5.32 Å². The van der Waals surface area contributed by atoms with Gasteiger partial charge in [0, 0.05) is 13.3 Å². The van der Waals surface area contributed by atoms with E-state index in [1.165, 1.54) is 18.3 Å². The zero-order chi connectivity index (χ0) is 17.5. The molecular formula is C17H22N4O2S. The maximum atomic E-state index is 12.3. The molecule has 2 aromatic rings. The molecule has 1 atom stereocenters. The predicted molar refractivity (Wildman–Crippen MR) is 94.9 cm³/mol. The lowest BCUT2D eigenvalue weighted by Gasteiger charge is -2.18. The van der Waals surface area contributed by atoms with Crippen LogP contribution in [0.3, 0.4) is 0 Å². The summed E-state index contributed by atoms with van der Waals surface area (Å²) in [5.74, 6) is -0.372. The molecule has 1 heterocycles. The molecule has 0 aliphatic carbocycles. The van der Waals surface area contributed by atoms with E-state index >= 15 is 0 Å². The lowest BCUT2D eigenvalue weighted by atomic mass is 10.0. The van der Waals surface area contributed by atoms with Crippen molar-refractivity contribution < 1.29 is 9.59 Å². The molecule has 24 heavy (non-hydrogen) atoms. The molecule has 0 aliphatic rings. The fourth-order valence-corrected chi connectivity index (χ4v) is 3.13. The topological polar surface area (TPSA) is 84.0 Å². The molecule has 6 nitrogen and oxygen atoms in total. The van der Waals surface area contributed by atoms with E-state index in [1.54, 1.807) is 0 Å². The highest BCUT2D eigenvalue weighted by atomic mass is 32.1. The summed E-state index contributed by atoms with van der Waals surface area (Å²) in [5.41, 5.74) is 2.02. The highest BCUT2D eigenvalue weighted by Gasteiger charge is 2.18. The summed E-state index contributed by atoms with van der Waals surface area (Å²) in [6.07, 6.45) is 1.98. The number of benzene rings is 1. The molecule has 7 heteroatoms. The van der Waals surface area contributed by atoms with Gasteiger partial charge in [0.05, 0.1) is 12.5 Å². The van der Waals surface area contributed by atoms with Gasteiger partial charge in [-0.15, -0.1) is 10.2 Å². The molecule has 0 unspecified atom stereocenters. The first-order valence-electron chi connectivity index (χ1n) is 7.93. The van der Waals surface area contributed by atoms with Crippen LogP contribution >= 0.6 is 11.3 Å². The Balaban J connectivity index is 2.03. The van der Waals surface area contributed by atoms with Crippen molar-refractivity contribution in [3.8, 4) is 0 Å². The maximum absolute atomic E-state index is 12.3. The van der Waals surface area contributed by atoms with E-state index in [2.05, 4.69) is 27.8 Å². The maximum Gasteiger partial charge on any atom is 0.228 e. The first kappa shape index (κ1) is 18.1. The molecule has 0 bridgehead atoms. The van der Waals surface area contributed by atoms with Gasteiger partial charge in [-0.1, -0.05) is 48.1 Å². The van der Waals surface area contributed by atoms with Crippen molar-refractivity contribution in [1.82, 2.24) is 15.5 Å². The number of hydrogen-bond acceptors (Lipinski definition) is 5. The summed E-state index contributed by atoms with van der Waals surface area (Å²) in [7, 11) is 0. The zero-order valence-corrected chi connectivity index (χ0v) is 14.9. The molecule has 2 amide bonds. The number of anilines is 1. The van der Waals surface area contributed by atoms with Gasteiger partial charge in [-0.25, -0.2) is 0 Å². The van der Waals surface area contributed by atoms with Crippen LogP contribution in [0.4, 0.5) is 5.13 Å². The second-order valence-corrected chi connectivity index (χ2v) is 6.73. The molecule has 1 aromatic carbocycles. The molecule has 0 saturated heterocycles. The summed E-state index contributed by atoms with van der Waals surface area (Å²) in [5, 5.41) is 15.0. The number of aromatic nitrogens is 2. The highest BCUT2D eigenvalue weighted by molar-refractivity contribution is 7.15. The molecule has 0 aliphatic heterocycles. The molecule has 128 valence electrons. The number of amides is 2. The van der Waals surface area contributed by atoms with Gasteiger partial charge >= 0.3 is 0 Å². The largest absolute Gasteiger partial charge is 0.349 e. The number of hydrogen-bond donors (Lipinski definition) is 2. The van der Waals surface area contributed by atoms with Crippen LogP contribution < -0.4 is 10.6 Å². The van der Waals surface area contributed by atoms with Gasteiger partial charge in [-0.2, -0.15) is 0 Å². The standard InChI is InChI=1S/C17H22N4O2S/c1-4-5-16-20-21-17(24-16)19-15(23)10-14(18-12(3)22)13-8-6-11(2)7-9-13/h6-9,14H,4-5,10H2,1-3H3,(H,18,22)(H,19,21,23)/t14-/m1/s1. The Bertz CT molecular complexity index is 697. The number of nitrogens with one attached hydrogen (secondary N) is 2. The van der Waals surface area contributed by atoms with Crippen LogP contribution in [0.2, 0.25) is 0 Å². The van der Waals surface area contributed by atoms with E-state index < -0.39 is 0 Å². The normalized spacial score (nSPS) is 11.8. The van der Waals surface area contributed by atoms with Gasteiger partial charge in [0.2, 0.25) is 16.9 Å². The van der Waals surface area contributed by atoms with Gasteiger partial charge < -0.3 is 10.6 Å². The van der Waals surface area contributed by atoms with Crippen LogP contribution in [0, 0.1) is 6.92 Å². The van der Waals surface area contributed by atoms with E-state index in [0.717, 1.165) is 29.0 Å². The van der Waals surface area contributed by atoms with Crippen LogP contribution in [-0.2, 0) is 16.0 Å². The monoisotopic (exact) mass is 346 g/mol. The Kier molecular flexibility index (Phi) is 6.43. The third-order valence-corrected chi connectivity index (χ3v) is 4.32. The number of nitrogens with zero attached hydrogens (tertiary/aromatic N) is 2. The van der Waals surface area contributed by atoms with E-state index in [0.29, 0.717) is 5.13 Å². The minimum atomic E-state index is -0.369. The van der Waals surface area contributed by atoms with Crippen molar-refractivity contribution in [2.45, 2.75) is 46.1 Å². The first-order valence-corrected chi connectivity index (χ1v) is 8.75. The lowest BCUT2D eigenvalue weighted by Crippen LogP contribution is -2.29. The predicted octanol–water partition coefficient (Wildman–Crippen LogP) is 3.01. The van der Waals surface area contributed by atoms with Gasteiger partial charge in [-0.3, -0.25) is 9.59 Å². The summed E-state index contributed by atoms with van der Waals surface area (Å²) in [4.78, 5) is 23.7. The average molecular weight is 346 g/mol. The van der Waals surface area contributed by atoms with Crippen LogP contribution in [0.15, 0.2) is 24.3 Å². The quantitative estimate of drug-likeness (QED) is 0.807. The molecular weight excluding hydrogens is 324 g/mol. The summed E-state index contributed by atoms with van der Waals surface area (Å²) < 4.78 is 0. The van der Waals surface area contributed by atoms with Gasteiger partial charge in [0.15, 0.2) is 0 Å². The number of carbonyl (C=O) groups excluding carboxylic acids is 2. The molecule has 0 fully saturated rings. The van der Waals surface area contributed by atoms with Gasteiger partial charge in [-0.05, 0) is 18.9 Å². The highest BCUT2D eigenvalue weighted by Crippen LogP contribution is 2.20. The third kappa shape index (κ3) is 5.42. The van der Waals surface area contributed by atoms with Crippen LogP contribution in [0.1, 0.15) is 48.9 Å². The molecule has 0 saturated carbocycles. The second kappa shape index (κ2) is 8.54. The van der Waals surface area contributed by atoms with Crippen molar-refractivity contribution in [2.24, 2.45) is 0 Å². The fourth-order valence-electron chi connectivity index (χ4n) is 2.27. The summed E-state index contributed by atoms with van der Waals surface area (Å²) >= 11 is 1.38. The Morgan fingerprint density at radius 3 is 2.54 bits per heavy atom. The number of aryl methyl sites for hydroxylation is 2. The fraction of sp³-hybridized carbons (Fsp3) is 0.412. The zero-order valence-electron chi connectivity index (χ0n) is 14.1. The van der Waals surface area contributed by atoms with E-state index in [9.17, 15) is 9.59 Å². The Morgan fingerprint density at radius 2 is 1.92 bits per heavy atom. The van der Waals surface area contributed by atoms with Crippen LogP contribution in [0.5, 0.6) is 0 Å². The number of carbonyl (C=O) groups is 2. The summed E-state index contributed by atoms with van der Waals surface area (Å²) in [6, 6.07) is 7.40. The smallest absolute Gasteiger partial charge is 0.228 e. The van der Waals surface area contributed by atoms with Crippen LogP contribution in [-0.4, -0.2) is 22.0 Å². The third-order valence-electron chi connectivity index (χ3n) is 3.42. The average Bonchev–Trinajstić information content (AvgIpc) is 2.94. The Labute approximate surface area is 145 Å². The van der Waals surface area contributed by atoms with Crippen molar-refractivity contribution >= 4 is 28.3 Å². The molecule has 1 aromatic heterocycles. The molecule has 2 N–H and O–H groups in total. The van der Waals surface area contributed by atoms with Crippen molar-refractivity contribution in [3.63, 3.8) is 0 Å². The SMILES string of the molecule is CCCc1nnc(NC(=O)C[C@@H](NC(C)=O)c2ccc(C)cc2)s1. The Hall–Kier alpha value is -2.28. The minimum Gasteiger partial charge on any atom is -0.349 e. The van der Waals surface area contributed by atoms with Crippen molar-refractivity contribution in [3.05, 3.63) is 40.4 Å². The first-order chi connectivity index (χ1) is 11.5. The lowest BCUT2D eigenvalue weighted by molar-refractivity contribution is -0.120. The van der Waals surface area contributed by atoms with E-state index in [1.807, 2.05) is 31.2 Å². The Morgan fingerprint density at radius 1 is 1.21 bits per heavy atom. The summed E-state index contributed by atoms with van der Waals surface area (Å²) in [6.45, 7) is 5.51. The molecule has 0 spiro atoms. The second-order valence-electron chi connectivity index (χ2n) is 5.67. The molecule has 2 rings (SSSR count). The molecule has 0 radical (unpaired) electrons. The number of rotatable bonds is 7. The van der Waals surface area contributed by atoms with Crippen molar-refractivity contribution in [1.29, 1.82) is 0 Å². The van der Waals surface area contributed by atoms with Gasteiger partial charge in [0.25, 0.3) is 0 Å². The van der Waals surface area contributed by atoms with Gasteiger partial charge in [0.1, 0.15) is 5.01 Å². The minimum absolute atomic E-state index is 0.144. The van der Waals surface area contributed by atoms with E-state index in [-0.39, 0.29) is 24.3 Å². The van der Waals surface area contributed by atoms with Crippen LogP contribution in [0.25, 0.3) is 0 Å². The van der Waals surface area contributed by atoms with E-state index in [4.69, 9.17) is 0 Å².